The Morgan fingerprint density at radius 2 is 1.80 bits per heavy atom. The molecule has 2 heteroatoms. The van der Waals surface area contributed by atoms with E-state index in [0.717, 1.165) is 11.8 Å². The molecule has 0 aromatic heterocycles. The zero-order valence-corrected chi connectivity index (χ0v) is 15.8. The molecular weight excluding hydrogens is 260 g/mol. The van der Waals surface area contributed by atoms with Crippen molar-refractivity contribution < 1.29 is 4.43 Å². The molecule has 1 nitrogen and oxygen atoms in total. The summed E-state index contributed by atoms with van der Waals surface area (Å²) in [5.41, 5.74) is 0.0165. The fraction of sp³-hybridized carbons (Fsp3) is 0.889. The molecule has 0 aliphatic heterocycles. The summed E-state index contributed by atoms with van der Waals surface area (Å²) in [7, 11) is 0.629. The third-order valence-corrected chi connectivity index (χ3v) is 5.71. The van der Waals surface area contributed by atoms with Crippen LogP contribution in [0.5, 0.6) is 0 Å². The SMILES string of the molecule is CCCCC(C)/C=C/CC(C)C[Si]OC(C)(C)C(C)C. The van der Waals surface area contributed by atoms with Gasteiger partial charge in [-0.1, -0.05) is 59.6 Å². The second kappa shape index (κ2) is 10.6. The van der Waals surface area contributed by atoms with Crippen LogP contribution in [-0.2, 0) is 4.43 Å². The molecule has 0 aromatic rings. The average Bonchev–Trinajstić information content (AvgIpc) is 2.35. The quantitative estimate of drug-likeness (QED) is 0.341. The van der Waals surface area contributed by atoms with E-state index in [1.165, 1.54) is 31.7 Å². The van der Waals surface area contributed by atoms with Crippen LogP contribution in [0.4, 0.5) is 0 Å². The number of allylic oxidation sites excluding steroid dienone is 2. The number of hydrogen-bond acceptors (Lipinski definition) is 1. The topological polar surface area (TPSA) is 9.23 Å². The van der Waals surface area contributed by atoms with E-state index in [-0.39, 0.29) is 5.60 Å². The van der Waals surface area contributed by atoms with Gasteiger partial charge in [-0.15, -0.1) is 0 Å². The lowest BCUT2D eigenvalue weighted by atomic mass is 9.95. The predicted molar refractivity (Wildman–Crippen MR) is 92.2 cm³/mol. The highest BCUT2D eigenvalue weighted by atomic mass is 28.2. The minimum absolute atomic E-state index is 0.0165. The lowest BCUT2D eigenvalue weighted by molar-refractivity contribution is 0.0634. The van der Waals surface area contributed by atoms with Gasteiger partial charge in [-0.05, 0) is 50.5 Å². The van der Waals surface area contributed by atoms with Gasteiger partial charge in [-0.2, -0.15) is 0 Å². The molecule has 0 fully saturated rings. The van der Waals surface area contributed by atoms with Gasteiger partial charge in [0.25, 0.3) is 0 Å². The highest BCUT2D eigenvalue weighted by Crippen LogP contribution is 2.21. The molecule has 2 atom stereocenters. The maximum absolute atomic E-state index is 6.05. The molecule has 20 heavy (non-hydrogen) atoms. The molecule has 0 heterocycles. The van der Waals surface area contributed by atoms with Crippen LogP contribution in [-0.4, -0.2) is 15.4 Å². The molecule has 0 amide bonds. The van der Waals surface area contributed by atoms with Crippen molar-refractivity contribution in [2.75, 3.05) is 0 Å². The molecule has 0 saturated carbocycles. The van der Waals surface area contributed by atoms with Gasteiger partial charge in [0.15, 0.2) is 0 Å². The number of unbranched alkanes of at least 4 members (excludes halogenated alkanes) is 1. The Balaban J connectivity index is 3.79. The molecule has 118 valence electrons. The standard InChI is InChI=1S/C18H36OSi/c1-8-9-11-16(4)12-10-13-17(5)14-20-19-18(6,7)15(2)3/h10,12,15-17H,8-9,11,13-14H2,1-7H3/b12-10+. The van der Waals surface area contributed by atoms with Crippen LogP contribution in [0.25, 0.3) is 0 Å². The molecule has 2 unspecified atom stereocenters. The Labute approximate surface area is 130 Å². The zero-order chi connectivity index (χ0) is 15.6. The smallest absolute Gasteiger partial charge is 0.230 e. The van der Waals surface area contributed by atoms with Crippen molar-refractivity contribution in [1.82, 2.24) is 0 Å². The number of rotatable bonds is 11. The van der Waals surface area contributed by atoms with Crippen LogP contribution in [0, 0.1) is 17.8 Å². The van der Waals surface area contributed by atoms with Crippen molar-refractivity contribution in [1.29, 1.82) is 0 Å². The van der Waals surface area contributed by atoms with E-state index in [2.05, 4.69) is 60.6 Å². The average molecular weight is 297 g/mol. The van der Waals surface area contributed by atoms with E-state index in [0.29, 0.717) is 15.7 Å². The predicted octanol–water partition coefficient (Wildman–Crippen LogP) is 5.88. The Morgan fingerprint density at radius 1 is 1.15 bits per heavy atom. The highest BCUT2D eigenvalue weighted by molar-refractivity contribution is 6.27. The van der Waals surface area contributed by atoms with Gasteiger partial charge in [0, 0.05) is 0 Å². The molecular formula is C18H36OSi. The van der Waals surface area contributed by atoms with E-state index in [1.54, 1.807) is 0 Å². The summed E-state index contributed by atoms with van der Waals surface area (Å²) in [6, 6.07) is 1.18. The Bertz CT molecular complexity index is 258. The zero-order valence-electron chi connectivity index (χ0n) is 14.8. The van der Waals surface area contributed by atoms with Gasteiger partial charge in [0.1, 0.15) is 0 Å². The molecule has 0 aliphatic rings. The summed E-state index contributed by atoms with van der Waals surface area (Å²) in [5, 5.41) is 0. The lowest BCUT2D eigenvalue weighted by Crippen LogP contribution is -2.32. The van der Waals surface area contributed by atoms with Crippen LogP contribution < -0.4 is 0 Å². The minimum Gasteiger partial charge on any atom is -0.412 e. The van der Waals surface area contributed by atoms with E-state index >= 15 is 0 Å². The first-order chi connectivity index (χ1) is 9.29. The maximum Gasteiger partial charge on any atom is 0.230 e. The van der Waals surface area contributed by atoms with Crippen molar-refractivity contribution in [3.63, 3.8) is 0 Å². The molecule has 0 aliphatic carbocycles. The van der Waals surface area contributed by atoms with Crippen LogP contribution >= 0.6 is 0 Å². The first-order valence-corrected chi connectivity index (χ1v) is 9.48. The van der Waals surface area contributed by atoms with Crippen molar-refractivity contribution in [2.24, 2.45) is 17.8 Å². The molecule has 0 aromatic carbocycles. The third-order valence-electron chi connectivity index (χ3n) is 4.17. The molecule has 0 rings (SSSR count). The maximum atomic E-state index is 6.05. The lowest BCUT2D eigenvalue weighted by Gasteiger charge is -2.30. The molecule has 2 radical (unpaired) electrons. The summed E-state index contributed by atoms with van der Waals surface area (Å²) < 4.78 is 6.05. The largest absolute Gasteiger partial charge is 0.412 e. The van der Waals surface area contributed by atoms with Crippen molar-refractivity contribution >= 4 is 9.76 Å². The molecule has 0 bridgehead atoms. The van der Waals surface area contributed by atoms with Gasteiger partial charge in [-0.25, -0.2) is 0 Å². The van der Waals surface area contributed by atoms with Crippen LogP contribution in [0.3, 0.4) is 0 Å². The van der Waals surface area contributed by atoms with E-state index in [9.17, 15) is 0 Å². The fourth-order valence-corrected chi connectivity index (χ4v) is 2.88. The van der Waals surface area contributed by atoms with E-state index in [4.69, 9.17) is 4.43 Å². The van der Waals surface area contributed by atoms with Crippen LogP contribution in [0.15, 0.2) is 12.2 Å². The van der Waals surface area contributed by atoms with Crippen molar-refractivity contribution in [2.45, 2.75) is 85.8 Å². The molecule has 0 spiro atoms. The summed E-state index contributed by atoms with van der Waals surface area (Å²) in [4.78, 5) is 0. The van der Waals surface area contributed by atoms with Gasteiger partial charge < -0.3 is 4.43 Å². The van der Waals surface area contributed by atoms with Crippen molar-refractivity contribution in [3.8, 4) is 0 Å². The van der Waals surface area contributed by atoms with E-state index < -0.39 is 0 Å². The minimum atomic E-state index is 0.0165. The third kappa shape index (κ3) is 9.76. The summed E-state index contributed by atoms with van der Waals surface area (Å²) in [6.07, 6.45) is 9.94. The second-order valence-corrected chi connectivity index (χ2v) is 8.00. The first-order valence-electron chi connectivity index (χ1n) is 8.37. The van der Waals surface area contributed by atoms with Crippen LogP contribution in [0.1, 0.15) is 74.1 Å². The Morgan fingerprint density at radius 3 is 2.35 bits per heavy atom. The fourth-order valence-electron chi connectivity index (χ4n) is 1.74. The summed E-state index contributed by atoms with van der Waals surface area (Å²) >= 11 is 0. The Kier molecular flexibility index (Phi) is 10.6. The van der Waals surface area contributed by atoms with Crippen molar-refractivity contribution in [3.05, 3.63) is 12.2 Å². The van der Waals surface area contributed by atoms with Gasteiger partial charge in [0.05, 0.1) is 5.60 Å². The van der Waals surface area contributed by atoms with Gasteiger partial charge >= 0.3 is 0 Å². The molecule has 0 N–H and O–H groups in total. The second-order valence-electron chi connectivity index (χ2n) is 7.10. The monoisotopic (exact) mass is 296 g/mol. The van der Waals surface area contributed by atoms with Crippen LogP contribution in [0.2, 0.25) is 6.04 Å². The van der Waals surface area contributed by atoms with Gasteiger partial charge in [-0.3, -0.25) is 0 Å². The first kappa shape index (κ1) is 19.9. The normalized spacial score (nSPS) is 16.0. The molecule has 0 saturated heterocycles. The Hall–Kier alpha value is -0.0831. The summed E-state index contributed by atoms with van der Waals surface area (Å²) in [5.74, 6) is 2.04. The van der Waals surface area contributed by atoms with E-state index in [1.807, 2.05) is 0 Å². The number of hydrogen-bond donors (Lipinski definition) is 0. The highest BCUT2D eigenvalue weighted by Gasteiger charge is 2.22. The van der Waals surface area contributed by atoms with Gasteiger partial charge in [0.2, 0.25) is 9.76 Å². The summed E-state index contributed by atoms with van der Waals surface area (Å²) in [6.45, 7) is 15.8.